The minimum Gasteiger partial charge on any atom is -0.409 e. The van der Waals surface area contributed by atoms with Gasteiger partial charge in [0.2, 0.25) is 5.91 Å². The van der Waals surface area contributed by atoms with Gasteiger partial charge in [0, 0.05) is 6.61 Å². The van der Waals surface area contributed by atoms with Crippen molar-refractivity contribution in [2.45, 2.75) is 69.9 Å². The first kappa shape index (κ1) is 16.1. The molecule has 2 fully saturated rings. The normalized spacial score (nSPS) is 26.3. The number of carbonyl (C=O) groups is 1. The molecular weight excluding hydrogens is 270 g/mol. The summed E-state index contributed by atoms with van der Waals surface area (Å²) in [6.07, 6.45) is 9.04. The second-order valence-electron chi connectivity index (χ2n) is 6.16. The van der Waals surface area contributed by atoms with Crippen molar-refractivity contribution in [2.24, 2.45) is 16.8 Å². The maximum atomic E-state index is 12.2. The van der Waals surface area contributed by atoms with Gasteiger partial charge in [0.1, 0.15) is 0 Å². The van der Waals surface area contributed by atoms with Gasteiger partial charge in [-0.2, -0.15) is 0 Å². The van der Waals surface area contributed by atoms with E-state index in [1.807, 2.05) is 0 Å². The molecule has 2 unspecified atom stereocenters. The summed E-state index contributed by atoms with van der Waals surface area (Å²) >= 11 is 0. The quantitative estimate of drug-likeness (QED) is 0.312. The van der Waals surface area contributed by atoms with Crippen LogP contribution in [-0.4, -0.2) is 35.7 Å². The first-order chi connectivity index (χ1) is 10.2. The highest BCUT2D eigenvalue weighted by atomic mass is 16.5. The molecule has 1 saturated heterocycles. The lowest BCUT2D eigenvalue weighted by Crippen LogP contribution is -2.50. The largest absolute Gasteiger partial charge is 0.409 e. The second kappa shape index (κ2) is 8.22. The van der Waals surface area contributed by atoms with Crippen LogP contribution in [0.4, 0.5) is 0 Å². The van der Waals surface area contributed by atoms with Crippen molar-refractivity contribution in [3.8, 4) is 0 Å². The Morgan fingerprint density at radius 1 is 1.24 bits per heavy atom. The fourth-order valence-electron chi connectivity index (χ4n) is 3.37. The molecule has 0 radical (unpaired) electrons. The van der Waals surface area contributed by atoms with Crippen LogP contribution in [0.1, 0.15) is 57.8 Å². The zero-order chi connectivity index (χ0) is 15.1. The average Bonchev–Trinajstić information content (AvgIpc) is 2.53. The Morgan fingerprint density at radius 3 is 2.57 bits per heavy atom. The molecule has 0 aromatic carbocycles. The Morgan fingerprint density at radius 2 is 1.95 bits per heavy atom. The summed E-state index contributed by atoms with van der Waals surface area (Å²) in [7, 11) is 0. The predicted molar refractivity (Wildman–Crippen MR) is 80.1 cm³/mol. The minimum absolute atomic E-state index is 0.0121. The van der Waals surface area contributed by atoms with Gasteiger partial charge in [-0.3, -0.25) is 4.79 Å². The van der Waals surface area contributed by atoms with E-state index in [9.17, 15) is 4.79 Å². The summed E-state index contributed by atoms with van der Waals surface area (Å²) in [5, 5.41) is 15.0. The number of nitrogens with one attached hydrogen (secondary N) is 1. The number of nitrogens with two attached hydrogens (primary N) is 1. The molecule has 2 aliphatic rings. The molecular formula is C15H27N3O3. The van der Waals surface area contributed by atoms with Crippen LogP contribution in [0, 0.1) is 5.92 Å². The van der Waals surface area contributed by atoms with Crippen molar-refractivity contribution in [2.75, 3.05) is 6.61 Å². The van der Waals surface area contributed by atoms with E-state index in [1.54, 1.807) is 0 Å². The molecule has 0 aromatic heterocycles. The number of carbonyl (C=O) groups excluding carboxylic acids is 1. The van der Waals surface area contributed by atoms with Crippen LogP contribution in [0.15, 0.2) is 5.16 Å². The molecule has 21 heavy (non-hydrogen) atoms. The summed E-state index contributed by atoms with van der Waals surface area (Å²) in [6, 6.07) is -0.355. The van der Waals surface area contributed by atoms with Crippen LogP contribution in [0.3, 0.4) is 0 Å². The lowest BCUT2D eigenvalue weighted by molar-refractivity contribution is -0.125. The van der Waals surface area contributed by atoms with Crippen molar-refractivity contribution in [3.63, 3.8) is 0 Å². The van der Waals surface area contributed by atoms with E-state index >= 15 is 0 Å². The monoisotopic (exact) mass is 297 g/mol. The van der Waals surface area contributed by atoms with Gasteiger partial charge in [0.25, 0.3) is 0 Å². The molecule has 4 N–H and O–H groups in total. The summed E-state index contributed by atoms with van der Waals surface area (Å²) in [4.78, 5) is 12.2. The number of hydrogen-bond donors (Lipinski definition) is 3. The van der Waals surface area contributed by atoms with Crippen LogP contribution in [-0.2, 0) is 9.53 Å². The summed E-state index contributed by atoms with van der Waals surface area (Å²) in [5.41, 5.74) is 5.78. The van der Waals surface area contributed by atoms with Crippen molar-refractivity contribution in [1.82, 2.24) is 5.32 Å². The van der Waals surface area contributed by atoms with Gasteiger partial charge in [0.15, 0.2) is 5.84 Å². The predicted octanol–water partition coefficient (Wildman–Crippen LogP) is 1.76. The van der Waals surface area contributed by atoms with E-state index in [-0.39, 0.29) is 29.8 Å². The first-order valence-electron chi connectivity index (χ1n) is 8.09. The maximum absolute atomic E-state index is 12.2. The van der Waals surface area contributed by atoms with E-state index < -0.39 is 0 Å². The molecule has 0 bridgehead atoms. The molecule has 1 amide bonds. The van der Waals surface area contributed by atoms with E-state index in [0.29, 0.717) is 6.42 Å². The Balaban J connectivity index is 1.89. The number of amidine groups is 1. The van der Waals surface area contributed by atoms with Gasteiger partial charge < -0.3 is 21.0 Å². The topological polar surface area (TPSA) is 96.9 Å². The Bertz CT molecular complexity index is 361. The van der Waals surface area contributed by atoms with Crippen LogP contribution < -0.4 is 11.1 Å². The molecule has 1 heterocycles. The Kier molecular flexibility index (Phi) is 6.29. The number of oxime groups is 1. The van der Waals surface area contributed by atoms with E-state index in [4.69, 9.17) is 15.7 Å². The fourth-order valence-corrected chi connectivity index (χ4v) is 3.37. The van der Waals surface area contributed by atoms with Crippen molar-refractivity contribution in [3.05, 3.63) is 0 Å². The number of amides is 1. The van der Waals surface area contributed by atoms with Crippen LogP contribution in [0.25, 0.3) is 0 Å². The molecule has 0 spiro atoms. The highest BCUT2D eigenvalue weighted by Gasteiger charge is 2.29. The van der Waals surface area contributed by atoms with E-state index in [2.05, 4.69) is 10.5 Å². The lowest BCUT2D eigenvalue weighted by atomic mass is 9.83. The third kappa shape index (κ3) is 4.88. The van der Waals surface area contributed by atoms with Gasteiger partial charge in [-0.1, -0.05) is 24.4 Å². The summed E-state index contributed by atoms with van der Waals surface area (Å²) in [6.45, 7) is 0.740. The first-order valence-corrected chi connectivity index (χ1v) is 8.09. The lowest BCUT2D eigenvalue weighted by Gasteiger charge is -2.30. The molecule has 1 aliphatic carbocycles. The maximum Gasteiger partial charge on any atom is 0.223 e. The highest BCUT2D eigenvalue weighted by Crippen LogP contribution is 2.27. The zero-order valence-corrected chi connectivity index (χ0v) is 12.6. The number of hydrogen-bond acceptors (Lipinski definition) is 4. The van der Waals surface area contributed by atoms with E-state index in [1.165, 1.54) is 6.42 Å². The SMILES string of the molecule is NC(=NO)C(NC(=O)CC1CCCCO1)C1CCCCC1. The van der Waals surface area contributed by atoms with Crippen molar-refractivity contribution in [1.29, 1.82) is 0 Å². The third-order valence-electron chi connectivity index (χ3n) is 4.56. The fraction of sp³-hybridized carbons (Fsp3) is 0.867. The molecule has 120 valence electrons. The van der Waals surface area contributed by atoms with Crippen molar-refractivity contribution >= 4 is 11.7 Å². The third-order valence-corrected chi connectivity index (χ3v) is 4.56. The second-order valence-corrected chi connectivity index (χ2v) is 6.16. The van der Waals surface area contributed by atoms with Gasteiger partial charge in [-0.15, -0.1) is 0 Å². The Hall–Kier alpha value is -1.30. The van der Waals surface area contributed by atoms with Gasteiger partial charge >= 0.3 is 0 Å². The van der Waals surface area contributed by atoms with Gasteiger partial charge in [-0.25, -0.2) is 0 Å². The average molecular weight is 297 g/mol. The van der Waals surface area contributed by atoms with Gasteiger partial charge in [-0.05, 0) is 38.0 Å². The van der Waals surface area contributed by atoms with Crippen LogP contribution in [0.5, 0.6) is 0 Å². The van der Waals surface area contributed by atoms with Crippen molar-refractivity contribution < 1.29 is 14.7 Å². The molecule has 1 aliphatic heterocycles. The molecule has 6 nitrogen and oxygen atoms in total. The zero-order valence-electron chi connectivity index (χ0n) is 12.6. The smallest absolute Gasteiger partial charge is 0.223 e. The highest BCUT2D eigenvalue weighted by molar-refractivity contribution is 5.90. The number of rotatable bonds is 5. The minimum atomic E-state index is -0.355. The summed E-state index contributed by atoms with van der Waals surface area (Å²) in [5.74, 6) is 0.315. The summed E-state index contributed by atoms with van der Waals surface area (Å²) < 4.78 is 5.59. The van der Waals surface area contributed by atoms with Gasteiger partial charge in [0.05, 0.1) is 18.6 Å². The number of nitrogens with zero attached hydrogens (tertiary/aromatic N) is 1. The number of ether oxygens (including phenoxy) is 1. The van der Waals surface area contributed by atoms with E-state index in [0.717, 1.165) is 51.6 Å². The standard InChI is InChI=1S/C15H27N3O3/c16-15(18-20)14(11-6-2-1-3-7-11)17-13(19)10-12-8-4-5-9-21-12/h11-12,14,20H,1-10H2,(H2,16,18)(H,17,19). The van der Waals surface area contributed by atoms with Crippen LogP contribution in [0.2, 0.25) is 0 Å². The molecule has 6 heteroatoms. The Labute approximate surface area is 126 Å². The molecule has 0 aromatic rings. The molecule has 1 saturated carbocycles. The van der Waals surface area contributed by atoms with Crippen LogP contribution >= 0.6 is 0 Å². The molecule has 2 atom stereocenters. The molecule has 2 rings (SSSR count).